The molecule has 0 unspecified atom stereocenters. The molecule has 0 bridgehead atoms. The number of benzene rings is 2. The van der Waals surface area contributed by atoms with Crippen molar-refractivity contribution in [1.82, 2.24) is 0 Å². The molecule has 78 valence electrons. The first-order valence-electron chi connectivity index (χ1n) is 5.04. The molecule has 2 heteroatoms. The van der Waals surface area contributed by atoms with E-state index in [4.69, 9.17) is 6.42 Å². The van der Waals surface area contributed by atoms with Gasteiger partial charge >= 0.3 is 58.2 Å². The van der Waals surface area contributed by atoms with Crippen LogP contribution >= 0.6 is 0 Å². The third kappa shape index (κ3) is 3.16. The van der Waals surface area contributed by atoms with E-state index >= 15 is 0 Å². The third-order valence-electron chi connectivity index (χ3n) is 2.56. The van der Waals surface area contributed by atoms with Crippen molar-refractivity contribution in [3.05, 3.63) is 78.2 Å². The average Bonchev–Trinajstić information content (AvgIpc) is 2.40. The van der Waals surface area contributed by atoms with Gasteiger partial charge in [0.05, 0.1) is 0 Å². The fourth-order valence-electron chi connectivity index (χ4n) is 1.67. The molecule has 0 amide bonds. The van der Waals surface area contributed by atoms with Crippen LogP contribution in [0.15, 0.2) is 60.7 Å². The molecule has 2 aromatic rings. The van der Waals surface area contributed by atoms with E-state index in [0.717, 1.165) is 0 Å². The van der Waals surface area contributed by atoms with E-state index in [1.165, 1.54) is 0 Å². The molecule has 0 aliphatic carbocycles. The van der Waals surface area contributed by atoms with Crippen molar-refractivity contribution in [1.29, 1.82) is 0 Å². The Morgan fingerprint density at radius 3 is 1.47 bits per heavy atom. The zero-order valence-electron chi connectivity index (χ0n) is 9.72. The maximum Gasteiger partial charge on any atom is 1.00 e. The zero-order valence-corrected chi connectivity index (χ0v) is 14.6. The second kappa shape index (κ2) is 6.63. The minimum atomic E-state index is -1.46. The molecule has 0 heterocycles. The van der Waals surface area contributed by atoms with Crippen molar-refractivity contribution in [2.24, 2.45) is 0 Å². The fourth-order valence-corrected chi connectivity index (χ4v) is 1.67. The van der Waals surface area contributed by atoms with Crippen LogP contribution in [0.5, 0.6) is 0 Å². The van der Waals surface area contributed by atoms with E-state index in [9.17, 15) is 5.11 Å². The van der Waals surface area contributed by atoms with Gasteiger partial charge < -0.3 is 17.5 Å². The summed E-state index contributed by atoms with van der Waals surface area (Å²) in [5, 5.41) is 10.5. The van der Waals surface area contributed by atoms with Crippen LogP contribution in [0.2, 0.25) is 0 Å². The van der Waals surface area contributed by atoms with Gasteiger partial charge in [-0.3, -0.25) is 0 Å². The van der Waals surface area contributed by atoms with Gasteiger partial charge in [0, 0.05) is 0 Å². The van der Waals surface area contributed by atoms with Crippen LogP contribution in [0.1, 0.15) is 11.1 Å². The third-order valence-corrected chi connectivity index (χ3v) is 2.56. The summed E-state index contributed by atoms with van der Waals surface area (Å²) < 4.78 is 0. The standard InChI is InChI=1S/C15H11O.Rb/c1-2-15(16,13-9-5-3-6-10-13)14-11-7-4-8-12-14;/h3-12,16H;/q-1;+1. The number of aliphatic hydroxyl groups is 1. The molecule has 0 saturated carbocycles. The Morgan fingerprint density at radius 1 is 0.824 bits per heavy atom. The first-order valence-corrected chi connectivity index (χ1v) is 5.04. The molecular formula is C15H11ORb. The summed E-state index contributed by atoms with van der Waals surface area (Å²) in [6, 6.07) is 18.2. The van der Waals surface area contributed by atoms with Gasteiger partial charge in [0.15, 0.2) is 0 Å². The van der Waals surface area contributed by atoms with E-state index in [1.807, 2.05) is 36.4 Å². The summed E-state index contributed by atoms with van der Waals surface area (Å²) in [5.74, 6) is 2.22. The quantitative estimate of drug-likeness (QED) is 0.585. The van der Waals surface area contributed by atoms with Crippen molar-refractivity contribution < 1.29 is 63.3 Å². The smallest absolute Gasteiger partial charge is 0.690 e. The van der Waals surface area contributed by atoms with E-state index < -0.39 is 5.60 Å². The van der Waals surface area contributed by atoms with E-state index in [-0.39, 0.29) is 58.2 Å². The molecule has 1 N–H and O–H groups in total. The Bertz CT molecular complexity index is 460. The Labute approximate surface area is 151 Å². The van der Waals surface area contributed by atoms with Gasteiger partial charge in [0.2, 0.25) is 0 Å². The summed E-state index contributed by atoms with van der Waals surface area (Å²) >= 11 is 0. The average molecular weight is 293 g/mol. The summed E-state index contributed by atoms with van der Waals surface area (Å²) in [7, 11) is 0. The predicted octanol–water partition coefficient (Wildman–Crippen LogP) is -0.484. The SMILES string of the molecule is [C-]#CC(O)(c1ccccc1)c1ccccc1.[Rb+]. The molecule has 0 saturated heterocycles. The summed E-state index contributed by atoms with van der Waals surface area (Å²) in [5.41, 5.74) is -0.157. The van der Waals surface area contributed by atoms with E-state index in [0.29, 0.717) is 11.1 Å². The maximum atomic E-state index is 10.5. The van der Waals surface area contributed by atoms with Crippen molar-refractivity contribution >= 4 is 0 Å². The minimum Gasteiger partial charge on any atom is -0.690 e. The second-order valence-corrected chi connectivity index (χ2v) is 3.57. The molecule has 17 heavy (non-hydrogen) atoms. The Balaban J connectivity index is 0.00000144. The van der Waals surface area contributed by atoms with Gasteiger partial charge in [-0.2, -0.15) is 0 Å². The normalized spacial score (nSPS) is 10.1. The summed E-state index contributed by atoms with van der Waals surface area (Å²) in [6.07, 6.45) is 7.33. The van der Waals surface area contributed by atoms with Gasteiger partial charge in [-0.05, 0) is 11.1 Å². The molecule has 0 spiro atoms. The Morgan fingerprint density at radius 2 is 1.18 bits per heavy atom. The van der Waals surface area contributed by atoms with Crippen LogP contribution in [-0.4, -0.2) is 5.11 Å². The first kappa shape index (κ1) is 14.8. The fraction of sp³-hybridized carbons (Fsp3) is 0.0667. The van der Waals surface area contributed by atoms with Crippen molar-refractivity contribution in [2.45, 2.75) is 5.60 Å². The van der Waals surface area contributed by atoms with Crippen LogP contribution in [0.25, 0.3) is 0 Å². The zero-order chi connectivity index (χ0) is 11.4. The van der Waals surface area contributed by atoms with E-state index in [2.05, 4.69) is 5.92 Å². The molecule has 0 fully saturated rings. The molecule has 0 aliphatic rings. The van der Waals surface area contributed by atoms with Crippen molar-refractivity contribution in [2.75, 3.05) is 0 Å². The summed E-state index contributed by atoms with van der Waals surface area (Å²) in [6.45, 7) is 0. The van der Waals surface area contributed by atoms with Crippen molar-refractivity contribution in [3.63, 3.8) is 0 Å². The van der Waals surface area contributed by atoms with Crippen LogP contribution in [-0.2, 0) is 5.60 Å². The predicted molar refractivity (Wildman–Crippen MR) is 63.0 cm³/mol. The molecule has 0 radical (unpaired) electrons. The summed E-state index contributed by atoms with van der Waals surface area (Å²) in [4.78, 5) is 0. The largest absolute Gasteiger partial charge is 1.00 e. The number of hydrogen-bond acceptors (Lipinski definition) is 1. The van der Waals surface area contributed by atoms with Gasteiger partial charge in [0.1, 0.15) is 5.60 Å². The first-order chi connectivity index (χ1) is 7.77. The van der Waals surface area contributed by atoms with Gasteiger partial charge in [-0.15, -0.1) is 0 Å². The van der Waals surface area contributed by atoms with Gasteiger partial charge in [-0.1, -0.05) is 60.7 Å². The monoisotopic (exact) mass is 292 g/mol. The molecule has 2 rings (SSSR count). The van der Waals surface area contributed by atoms with Crippen LogP contribution in [0.4, 0.5) is 0 Å². The minimum absolute atomic E-state index is 0. The number of hydrogen-bond donors (Lipinski definition) is 1. The molecule has 0 atom stereocenters. The topological polar surface area (TPSA) is 20.2 Å². The number of rotatable bonds is 2. The van der Waals surface area contributed by atoms with Crippen molar-refractivity contribution in [3.8, 4) is 5.92 Å². The molecule has 1 nitrogen and oxygen atoms in total. The molecule has 2 aromatic carbocycles. The van der Waals surface area contributed by atoms with Crippen LogP contribution < -0.4 is 58.2 Å². The molecular weight excluding hydrogens is 282 g/mol. The van der Waals surface area contributed by atoms with Gasteiger partial charge in [0.25, 0.3) is 0 Å². The van der Waals surface area contributed by atoms with E-state index in [1.54, 1.807) is 24.3 Å². The molecule has 0 aliphatic heterocycles. The Hall–Kier alpha value is -0.235. The second-order valence-electron chi connectivity index (χ2n) is 3.57. The van der Waals surface area contributed by atoms with Crippen LogP contribution in [0.3, 0.4) is 0 Å². The molecule has 0 aromatic heterocycles. The van der Waals surface area contributed by atoms with Crippen LogP contribution in [0, 0.1) is 12.3 Å². The van der Waals surface area contributed by atoms with Gasteiger partial charge in [-0.25, -0.2) is 0 Å². The maximum absolute atomic E-state index is 10.5. The Kier molecular flexibility index (Phi) is 5.78.